The van der Waals surface area contributed by atoms with Gasteiger partial charge in [0.2, 0.25) is 35.3 Å². The molecule has 0 bridgehead atoms. The SMILES string of the molecule is CCCCC(NC(=O)CNC(=O)C(=O)C(CCC)NC(=O)[C@@H]1C[C@@H](OCOCCOC)CN1C(=O)C(NC(=O)C(C)Cc1ccccc1)C1CCCCC1)C(N)=O. The predicted molar refractivity (Wildman–Crippen MR) is 211 cm³/mol. The standard InChI is InChI=1S/C41H64N6O10/c1-5-7-19-32(37(42)50)44-34(48)24-43-40(53)36(49)31(14-6-2)45-39(52)33-23-30(57-26-56-21-20-55-4)25-47(33)41(54)35(29-17-12-9-13-18-29)46-38(51)27(3)22-28-15-10-8-11-16-28/h8,10-11,15-16,27,29-33,35H,5-7,9,12-14,17-26H2,1-4H3,(H2,42,50)(H,43,53)(H,44,48)(H,45,52)(H,46,51)/t27?,30-,31?,32?,33+,35?/m1/s1. The zero-order chi connectivity index (χ0) is 41.7. The minimum absolute atomic E-state index is 0.0375. The molecule has 0 radical (unpaired) electrons. The van der Waals surface area contributed by atoms with Crippen molar-refractivity contribution in [3.63, 3.8) is 0 Å². The molecule has 0 spiro atoms. The minimum atomic E-state index is -1.25. The molecule has 6 N–H and O–H groups in total. The number of nitrogens with two attached hydrogens (primary N) is 1. The van der Waals surface area contributed by atoms with E-state index in [2.05, 4.69) is 21.3 Å². The average molecular weight is 801 g/mol. The second-order valence-electron chi connectivity index (χ2n) is 15.1. The molecular weight excluding hydrogens is 736 g/mol. The van der Waals surface area contributed by atoms with Gasteiger partial charge in [-0.25, -0.2) is 0 Å². The van der Waals surface area contributed by atoms with Gasteiger partial charge < -0.3 is 46.1 Å². The van der Waals surface area contributed by atoms with Crippen molar-refractivity contribution in [3.8, 4) is 0 Å². The largest absolute Gasteiger partial charge is 0.382 e. The molecule has 1 aliphatic carbocycles. The molecule has 318 valence electrons. The summed E-state index contributed by atoms with van der Waals surface area (Å²) in [7, 11) is 1.55. The first-order chi connectivity index (χ1) is 27.4. The van der Waals surface area contributed by atoms with Crippen molar-refractivity contribution >= 4 is 41.2 Å². The molecule has 2 aliphatic rings. The summed E-state index contributed by atoms with van der Waals surface area (Å²) in [6, 6.07) is 5.50. The Balaban J connectivity index is 1.78. The average Bonchev–Trinajstić information content (AvgIpc) is 3.64. The number of carbonyl (C=O) groups is 7. The molecule has 1 heterocycles. The highest BCUT2D eigenvalue weighted by Crippen LogP contribution is 2.30. The maximum atomic E-state index is 14.6. The van der Waals surface area contributed by atoms with Gasteiger partial charge in [-0.2, -0.15) is 0 Å². The van der Waals surface area contributed by atoms with E-state index < -0.39 is 78.1 Å². The van der Waals surface area contributed by atoms with Crippen LogP contribution in [0.5, 0.6) is 0 Å². The lowest BCUT2D eigenvalue weighted by Gasteiger charge is -2.35. The zero-order valence-corrected chi connectivity index (χ0v) is 34.1. The van der Waals surface area contributed by atoms with Crippen molar-refractivity contribution in [2.45, 2.75) is 128 Å². The number of Topliss-reactive ketones (excluding diaryl/α,β-unsaturated/α-hetero) is 1. The summed E-state index contributed by atoms with van der Waals surface area (Å²) in [5.74, 6) is -5.35. The topological polar surface area (TPSA) is 225 Å². The van der Waals surface area contributed by atoms with E-state index in [0.29, 0.717) is 32.3 Å². The molecule has 57 heavy (non-hydrogen) atoms. The van der Waals surface area contributed by atoms with Crippen LogP contribution < -0.4 is 27.0 Å². The molecule has 4 unspecified atom stereocenters. The van der Waals surface area contributed by atoms with Gasteiger partial charge in [-0.3, -0.25) is 33.6 Å². The van der Waals surface area contributed by atoms with Crippen LogP contribution >= 0.6 is 0 Å². The summed E-state index contributed by atoms with van der Waals surface area (Å²) in [5, 5.41) is 10.5. The van der Waals surface area contributed by atoms with Gasteiger partial charge in [0.05, 0.1) is 31.9 Å². The van der Waals surface area contributed by atoms with Gasteiger partial charge >= 0.3 is 0 Å². The Kier molecular flexibility index (Phi) is 20.6. The van der Waals surface area contributed by atoms with Crippen LogP contribution in [-0.2, 0) is 54.2 Å². The number of primary amides is 1. The molecule has 0 aromatic heterocycles. The van der Waals surface area contributed by atoms with Gasteiger partial charge in [0.25, 0.3) is 5.91 Å². The van der Waals surface area contributed by atoms with Crippen LogP contribution in [0.2, 0.25) is 0 Å². The highest BCUT2D eigenvalue weighted by molar-refractivity contribution is 6.38. The van der Waals surface area contributed by atoms with Crippen LogP contribution in [0, 0.1) is 11.8 Å². The summed E-state index contributed by atoms with van der Waals surface area (Å²) < 4.78 is 16.5. The third-order valence-electron chi connectivity index (χ3n) is 10.6. The molecule has 1 saturated heterocycles. The first kappa shape index (κ1) is 47.0. The fourth-order valence-corrected chi connectivity index (χ4v) is 7.31. The van der Waals surface area contributed by atoms with E-state index in [4.69, 9.17) is 19.9 Å². The Morgan fingerprint density at radius 2 is 1.61 bits per heavy atom. The molecule has 3 rings (SSSR count). The van der Waals surface area contributed by atoms with Gasteiger partial charge in [0.1, 0.15) is 24.9 Å². The van der Waals surface area contributed by atoms with Gasteiger partial charge in [-0.05, 0) is 43.6 Å². The fraction of sp³-hybridized carbons (Fsp3) is 0.683. The number of amides is 6. The second-order valence-corrected chi connectivity index (χ2v) is 15.1. The van der Waals surface area contributed by atoms with Gasteiger partial charge in [-0.1, -0.05) is 89.6 Å². The lowest BCUT2D eigenvalue weighted by molar-refractivity contribution is -0.145. The van der Waals surface area contributed by atoms with Crippen molar-refractivity contribution in [1.82, 2.24) is 26.2 Å². The number of nitrogens with zero attached hydrogens (tertiary/aromatic N) is 1. The van der Waals surface area contributed by atoms with Crippen LogP contribution in [0.3, 0.4) is 0 Å². The molecule has 2 fully saturated rings. The van der Waals surface area contributed by atoms with Crippen molar-refractivity contribution in [2.24, 2.45) is 17.6 Å². The Bertz CT molecular complexity index is 1470. The van der Waals surface area contributed by atoms with Crippen LogP contribution in [0.15, 0.2) is 30.3 Å². The molecule has 6 atom stereocenters. The second kappa shape index (κ2) is 25.1. The Morgan fingerprint density at radius 3 is 2.26 bits per heavy atom. The fourth-order valence-electron chi connectivity index (χ4n) is 7.31. The van der Waals surface area contributed by atoms with Crippen molar-refractivity contribution < 1.29 is 47.8 Å². The van der Waals surface area contributed by atoms with E-state index >= 15 is 0 Å². The number of nitrogens with one attached hydrogen (secondary N) is 4. The third kappa shape index (κ3) is 15.5. The number of hydrogen-bond acceptors (Lipinski definition) is 10. The molecule has 1 aromatic carbocycles. The molecule has 16 heteroatoms. The van der Waals surface area contributed by atoms with E-state index in [0.717, 1.165) is 44.1 Å². The van der Waals surface area contributed by atoms with E-state index in [1.54, 1.807) is 14.0 Å². The van der Waals surface area contributed by atoms with Crippen molar-refractivity contribution in [3.05, 3.63) is 35.9 Å². The van der Waals surface area contributed by atoms with E-state index in [1.807, 2.05) is 44.2 Å². The first-order valence-electron chi connectivity index (χ1n) is 20.4. The lowest BCUT2D eigenvalue weighted by atomic mass is 9.83. The monoisotopic (exact) mass is 800 g/mol. The molecular formula is C41H64N6O10. The number of benzene rings is 1. The Labute approximate surface area is 336 Å². The maximum Gasteiger partial charge on any atom is 0.290 e. The molecule has 6 amide bonds. The summed E-state index contributed by atoms with van der Waals surface area (Å²) in [6.45, 7) is 5.52. The molecule has 1 aromatic rings. The van der Waals surface area contributed by atoms with Crippen molar-refractivity contribution in [1.29, 1.82) is 0 Å². The van der Waals surface area contributed by atoms with E-state index in [1.165, 1.54) is 4.90 Å². The molecule has 16 nitrogen and oxygen atoms in total. The first-order valence-corrected chi connectivity index (χ1v) is 20.4. The Morgan fingerprint density at radius 1 is 0.895 bits per heavy atom. The predicted octanol–water partition coefficient (Wildman–Crippen LogP) is 1.67. The molecule has 1 aliphatic heterocycles. The quantitative estimate of drug-likeness (QED) is 0.0547. The zero-order valence-electron chi connectivity index (χ0n) is 34.1. The number of likely N-dealkylation sites (tertiary alicyclic amines) is 1. The Hall–Kier alpha value is -4.41. The number of hydrogen-bond donors (Lipinski definition) is 5. The number of methoxy groups -OCH3 is 1. The van der Waals surface area contributed by atoms with Crippen LogP contribution in [0.1, 0.15) is 97.0 Å². The normalized spacial score (nSPS) is 19.1. The van der Waals surface area contributed by atoms with Gasteiger partial charge in [0, 0.05) is 26.0 Å². The smallest absolute Gasteiger partial charge is 0.290 e. The van der Waals surface area contributed by atoms with Gasteiger partial charge in [0.15, 0.2) is 0 Å². The summed E-state index contributed by atoms with van der Waals surface area (Å²) >= 11 is 0. The number of rotatable bonds is 25. The van der Waals surface area contributed by atoms with Crippen LogP contribution in [0.25, 0.3) is 0 Å². The van der Waals surface area contributed by atoms with E-state index in [9.17, 15) is 33.6 Å². The number of ketones is 1. The van der Waals surface area contributed by atoms with Crippen LogP contribution in [0.4, 0.5) is 0 Å². The molecule has 1 saturated carbocycles. The number of ether oxygens (including phenoxy) is 3. The summed E-state index contributed by atoms with van der Waals surface area (Å²) in [6.07, 6.45) is 6.61. The number of carbonyl (C=O) groups excluding carboxylic acids is 7. The van der Waals surface area contributed by atoms with Crippen molar-refractivity contribution in [2.75, 3.05) is 40.2 Å². The highest BCUT2D eigenvalue weighted by Gasteiger charge is 2.45. The maximum absolute atomic E-state index is 14.6. The van der Waals surface area contributed by atoms with E-state index in [-0.39, 0.29) is 44.6 Å². The summed E-state index contributed by atoms with van der Waals surface area (Å²) in [4.78, 5) is 94.5. The van der Waals surface area contributed by atoms with Crippen LogP contribution in [-0.4, -0.2) is 117 Å². The summed E-state index contributed by atoms with van der Waals surface area (Å²) in [5.41, 5.74) is 6.39. The van der Waals surface area contributed by atoms with Gasteiger partial charge in [-0.15, -0.1) is 0 Å². The number of unbranched alkanes of at least 4 members (excludes halogenated alkanes) is 1. The minimum Gasteiger partial charge on any atom is -0.382 e. The highest BCUT2D eigenvalue weighted by atomic mass is 16.7. The third-order valence-corrected chi connectivity index (χ3v) is 10.6. The lowest BCUT2D eigenvalue weighted by Crippen LogP contribution is -2.58.